The molecule has 0 heterocycles. The van der Waals surface area contributed by atoms with Gasteiger partial charge in [-0.15, -0.1) is 0 Å². The molecule has 0 aliphatic heterocycles. The average Bonchev–Trinajstić information content (AvgIpc) is 2.78. The van der Waals surface area contributed by atoms with E-state index in [9.17, 15) is 13.2 Å². The summed E-state index contributed by atoms with van der Waals surface area (Å²) in [7, 11) is -3.42. The number of ketones is 1. The van der Waals surface area contributed by atoms with Crippen LogP contribution in [-0.4, -0.2) is 37.6 Å². The van der Waals surface area contributed by atoms with Crippen molar-refractivity contribution in [2.45, 2.75) is 19.3 Å². The van der Waals surface area contributed by atoms with Gasteiger partial charge in [-0.1, -0.05) is 0 Å². The molecule has 0 amide bonds. The molecule has 0 saturated heterocycles. The van der Waals surface area contributed by atoms with Crippen molar-refractivity contribution in [3.8, 4) is 0 Å². The van der Waals surface area contributed by atoms with Gasteiger partial charge in [0, 0.05) is 30.7 Å². The maximum Gasteiger partial charge on any atom is 0.319 e. The van der Waals surface area contributed by atoms with E-state index in [1.807, 2.05) is 0 Å². The van der Waals surface area contributed by atoms with Crippen molar-refractivity contribution in [2.24, 2.45) is 17.8 Å². The molecule has 2 bridgehead atoms. The highest BCUT2D eigenvalue weighted by molar-refractivity contribution is 8.69. The molecular formula is C10H17NO4S2. The lowest BCUT2D eigenvalue weighted by atomic mass is 9.88. The van der Waals surface area contributed by atoms with Gasteiger partial charge in [-0.3, -0.25) is 9.35 Å². The highest BCUT2D eigenvalue weighted by Gasteiger charge is 2.46. The lowest BCUT2D eigenvalue weighted by Crippen LogP contribution is -2.33. The van der Waals surface area contributed by atoms with Crippen molar-refractivity contribution in [3.63, 3.8) is 0 Å². The Balaban J connectivity index is 1.65. The molecule has 3 atom stereocenters. The Morgan fingerprint density at radius 2 is 2.18 bits per heavy atom. The number of nitrogens with one attached hydrogen (secondary N) is 1. The minimum Gasteiger partial charge on any atom is -0.315 e. The summed E-state index contributed by atoms with van der Waals surface area (Å²) in [6, 6.07) is 0. The van der Waals surface area contributed by atoms with Crippen LogP contribution in [0, 0.1) is 17.8 Å². The van der Waals surface area contributed by atoms with Crippen LogP contribution in [0.5, 0.6) is 0 Å². The monoisotopic (exact) mass is 279 g/mol. The lowest BCUT2D eigenvalue weighted by Gasteiger charge is -2.20. The predicted octanol–water partition coefficient (Wildman–Crippen LogP) is 0.727. The third-order valence-electron chi connectivity index (χ3n) is 3.69. The highest BCUT2D eigenvalue weighted by Crippen LogP contribution is 2.45. The maximum atomic E-state index is 11.8. The minimum absolute atomic E-state index is 0.129. The molecule has 3 unspecified atom stereocenters. The Hall–Kier alpha value is -0.110. The second-order valence-corrected chi connectivity index (χ2v) is 8.20. The fraction of sp³-hybridized carbons (Fsp3) is 0.900. The van der Waals surface area contributed by atoms with Gasteiger partial charge >= 0.3 is 9.15 Å². The number of carbonyl (C=O) groups excluding carboxylic acids is 1. The number of Topliss-reactive ketones (excluding diaryl/α,β-unsaturated/α-hetero) is 1. The van der Waals surface area contributed by atoms with Gasteiger partial charge < -0.3 is 5.32 Å². The Kier molecular flexibility index (Phi) is 4.12. The van der Waals surface area contributed by atoms with Crippen LogP contribution >= 0.6 is 10.8 Å². The summed E-state index contributed by atoms with van der Waals surface area (Å²) in [6.45, 7) is 1.14. The average molecular weight is 279 g/mol. The maximum absolute atomic E-state index is 11.8. The number of carbonyl (C=O) groups is 1. The van der Waals surface area contributed by atoms with Crippen LogP contribution in [0.25, 0.3) is 0 Å². The van der Waals surface area contributed by atoms with E-state index in [1.165, 1.54) is 0 Å². The van der Waals surface area contributed by atoms with Crippen LogP contribution in [0.1, 0.15) is 19.3 Å². The first kappa shape index (κ1) is 13.3. The van der Waals surface area contributed by atoms with E-state index in [0.717, 1.165) is 19.3 Å². The fourth-order valence-corrected chi connectivity index (χ4v) is 4.24. The topological polar surface area (TPSA) is 83.5 Å². The van der Waals surface area contributed by atoms with Crippen molar-refractivity contribution < 1.29 is 17.8 Å². The number of rotatable bonds is 6. The van der Waals surface area contributed by atoms with Gasteiger partial charge in [0.1, 0.15) is 5.78 Å². The van der Waals surface area contributed by atoms with E-state index in [0.29, 0.717) is 47.3 Å². The van der Waals surface area contributed by atoms with Crippen molar-refractivity contribution >= 4 is 25.7 Å². The van der Waals surface area contributed by atoms with Gasteiger partial charge in [-0.2, -0.15) is 8.42 Å². The van der Waals surface area contributed by atoms with Crippen LogP contribution in [-0.2, 0) is 13.9 Å². The SMILES string of the molecule is O=C1C2CCC(C2)C1CNCCSS(=O)(=O)O. The van der Waals surface area contributed by atoms with Gasteiger partial charge in [0.15, 0.2) is 0 Å². The summed E-state index contributed by atoms with van der Waals surface area (Å²) in [4.78, 5) is 11.8. The quantitative estimate of drug-likeness (QED) is 0.423. The number of fused-ring (bicyclic) bond motifs is 2. The zero-order valence-electron chi connectivity index (χ0n) is 9.46. The first-order chi connectivity index (χ1) is 7.97. The summed E-state index contributed by atoms with van der Waals surface area (Å²) in [5, 5.41) is 3.10. The second-order valence-electron chi connectivity index (χ2n) is 4.73. The molecule has 98 valence electrons. The van der Waals surface area contributed by atoms with E-state index in [-0.39, 0.29) is 5.92 Å². The summed E-state index contributed by atoms with van der Waals surface area (Å²) >= 11 is 0. The fourth-order valence-electron chi connectivity index (χ4n) is 2.92. The van der Waals surface area contributed by atoms with E-state index in [2.05, 4.69) is 5.32 Å². The Bertz CT molecular complexity index is 395. The van der Waals surface area contributed by atoms with Gasteiger partial charge in [0.05, 0.1) is 0 Å². The first-order valence-electron chi connectivity index (χ1n) is 5.83. The largest absolute Gasteiger partial charge is 0.319 e. The molecule has 0 spiro atoms. The van der Waals surface area contributed by atoms with Crippen molar-refractivity contribution in [2.75, 3.05) is 18.8 Å². The van der Waals surface area contributed by atoms with Gasteiger partial charge in [0.25, 0.3) is 0 Å². The molecule has 2 aliphatic carbocycles. The highest BCUT2D eigenvalue weighted by atomic mass is 33.1. The molecule has 2 fully saturated rings. The molecule has 0 radical (unpaired) electrons. The normalized spacial score (nSPS) is 32.3. The Morgan fingerprint density at radius 1 is 1.41 bits per heavy atom. The van der Waals surface area contributed by atoms with Gasteiger partial charge in [-0.05, 0) is 36.0 Å². The van der Waals surface area contributed by atoms with Crippen LogP contribution < -0.4 is 5.32 Å². The molecule has 2 aliphatic rings. The minimum atomic E-state index is -3.93. The summed E-state index contributed by atoms with van der Waals surface area (Å²) < 4.78 is 29.4. The lowest BCUT2D eigenvalue weighted by molar-refractivity contribution is -0.125. The van der Waals surface area contributed by atoms with Gasteiger partial charge in [-0.25, -0.2) is 0 Å². The van der Waals surface area contributed by atoms with E-state index in [1.54, 1.807) is 0 Å². The number of hydrogen-bond donors (Lipinski definition) is 2. The molecule has 5 nitrogen and oxygen atoms in total. The Morgan fingerprint density at radius 3 is 2.76 bits per heavy atom. The smallest absolute Gasteiger partial charge is 0.315 e. The standard InChI is InChI=1S/C10H17NO4S2/c12-10-8-2-1-7(5-8)9(10)6-11-3-4-16-17(13,14)15/h7-9,11H,1-6H2,(H,13,14,15). The zero-order chi connectivity index (χ0) is 12.5. The van der Waals surface area contributed by atoms with E-state index in [4.69, 9.17) is 4.55 Å². The molecule has 2 saturated carbocycles. The molecule has 2 rings (SSSR count). The molecule has 0 aromatic rings. The van der Waals surface area contributed by atoms with Crippen LogP contribution in [0.4, 0.5) is 0 Å². The molecule has 0 aromatic carbocycles. The second kappa shape index (κ2) is 5.26. The molecular weight excluding hydrogens is 262 g/mol. The third kappa shape index (κ3) is 3.43. The molecule has 7 heteroatoms. The van der Waals surface area contributed by atoms with Crippen molar-refractivity contribution in [1.82, 2.24) is 5.32 Å². The van der Waals surface area contributed by atoms with E-state index < -0.39 is 9.15 Å². The van der Waals surface area contributed by atoms with Crippen molar-refractivity contribution in [3.05, 3.63) is 0 Å². The summed E-state index contributed by atoms with van der Waals surface area (Å²) in [5.41, 5.74) is 0. The predicted molar refractivity (Wildman–Crippen MR) is 66.2 cm³/mol. The summed E-state index contributed by atoms with van der Waals surface area (Å²) in [6.07, 6.45) is 3.26. The third-order valence-corrected chi connectivity index (χ3v) is 5.75. The summed E-state index contributed by atoms with van der Waals surface area (Å²) in [5.74, 6) is 1.64. The van der Waals surface area contributed by atoms with Gasteiger partial charge in [0.2, 0.25) is 0 Å². The molecule has 2 N–H and O–H groups in total. The van der Waals surface area contributed by atoms with Crippen molar-refractivity contribution in [1.29, 1.82) is 0 Å². The van der Waals surface area contributed by atoms with Crippen LogP contribution in [0.15, 0.2) is 0 Å². The number of hydrogen-bond acceptors (Lipinski definition) is 5. The Labute approximate surface area is 105 Å². The van der Waals surface area contributed by atoms with Crippen LogP contribution in [0.3, 0.4) is 0 Å². The van der Waals surface area contributed by atoms with Crippen LogP contribution in [0.2, 0.25) is 0 Å². The first-order valence-corrected chi connectivity index (χ1v) is 8.78. The molecule has 0 aromatic heterocycles. The van der Waals surface area contributed by atoms with E-state index >= 15 is 0 Å². The zero-order valence-corrected chi connectivity index (χ0v) is 11.1. The molecule has 17 heavy (non-hydrogen) atoms.